The van der Waals surface area contributed by atoms with E-state index in [4.69, 9.17) is 4.74 Å². The van der Waals surface area contributed by atoms with Crippen molar-refractivity contribution >= 4 is 0 Å². The SMILES string of the molecule is Cc1ccc(-c2ccccc2C)cc1OCc1ncccc1C. The molecule has 1 aromatic heterocycles. The molecule has 0 saturated heterocycles. The van der Waals surface area contributed by atoms with Crippen molar-refractivity contribution in [2.45, 2.75) is 27.4 Å². The first-order valence-corrected chi connectivity index (χ1v) is 7.85. The fourth-order valence-corrected chi connectivity index (χ4v) is 2.64. The smallest absolute Gasteiger partial charge is 0.130 e. The fourth-order valence-electron chi connectivity index (χ4n) is 2.64. The third-order valence-corrected chi connectivity index (χ3v) is 4.13. The van der Waals surface area contributed by atoms with Gasteiger partial charge in [-0.15, -0.1) is 0 Å². The van der Waals surface area contributed by atoms with E-state index in [9.17, 15) is 0 Å². The van der Waals surface area contributed by atoms with Gasteiger partial charge in [-0.3, -0.25) is 4.98 Å². The molecule has 0 spiro atoms. The Bertz CT molecular complexity index is 824. The van der Waals surface area contributed by atoms with Gasteiger partial charge < -0.3 is 4.74 Å². The molecule has 0 bridgehead atoms. The van der Waals surface area contributed by atoms with Crippen LogP contribution >= 0.6 is 0 Å². The van der Waals surface area contributed by atoms with Crippen LogP contribution in [-0.2, 0) is 6.61 Å². The Balaban J connectivity index is 1.87. The molecule has 2 aromatic carbocycles. The van der Waals surface area contributed by atoms with Crippen molar-refractivity contribution in [3.05, 3.63) is 83.2 Å². The summed E-state index contributed by atoms with van der Waals surface area (Å²) >= 11 is 0. The van der Waals surface area contributed by atoms with Crippen LogP contribution in [0.1, 0.15) is 22.4 Å². The first-order chi connectivity index (χ1) is 11.1. The minimum Gasteiger partial charge on any atom is -0.487 e. The largest absolute Gasteiger partial charge is 0.487 e. The monoisotopic (exact) mass is 303 g/mol. The van der Waals surface area contributed by atoms with Crippen LogP contribution in [0, 0.1) is 20.8 Å². The Morgan fingerprint density at radius 2 is 1.61 bits per heavy atom. The number of pyridine rings is 1. The van der Waals surface area contributed by atoms with Crippen molar-refractivity contribution in [2.75, 3.05) is 0 Å². The topological polar surface area (TPSA) is 22.1 Å². The van der Waals surface area contributed by atoms with E-state index in [1.54, 1.807) is 0 Å². The number of hydrogen-bond donors (Lipinski definition) is 0. The highest BCUT2D eigenvalue weighted by Gasteiger charge is 2.07. The Labute approximate surface area is 137 Å². The van der Waals surface area contributed by atoms with E-state index >= 15 is 0 Å². The zero-order valence-corrected chi connectivity index (χ0v) is 13.8. The van der Waals surface area contributed by atoms with Crippen LogP contribution in [-0.4, -0.2) is 4.98 Å². The summed E-state index contributed by atoms with van der Waals surface area (Å²) in [7, 11) is 0. The molecule has 2 nitrogen and oxygen atoms in total. The van der Waals surface area contributed by atoms with Crippen molar-refractivity contribution in [3.8, 4) is 16.9 Å². The first kappa shape index (κ1) is 15.3. The van der Waals surface area contributed by atoms with Crippen LogP contribution in [0.5, 0.6) is 5.75 Å². The van der Waals surface area contributed by atoms with Crippen LogP contribution in [0.3, 0.4) is 0 Å². The Hall–Kier alpha value is -2.61. The van der Waals surface area contributed by atoms with Gasteiger partial charge in [0.15, 0.2) is 0 Å². The lowest BCUT2D eigenvalue weighted by molar-refractivity contribution is 0.298. The molecule has 0 amide bonds. The average Bonchev–Trinajstić information content (AvgIpc) is 2.56. The number of ether oxygens (including phenoxy) is 1. The van der Waals surface area contributed by atoms with Gasteiger partial charge in [-0.1, -0.05) is 42.5 Å². The molecule has 23 heavy (non-hydrogen) atoms. The van der Waals surface area contributed by atoms with Gasteiger partial charge in [-0.2, -0.15) is 0 Å². The summed E-state index contributed by atoms with van der Waals surface area (Å²) in [6.07, 6.45) is 1.81. The molecule has 0 atom stereocenters. The molecule has 0 saturated carbocycles. The average molecular weight is 303 g/mol. The molecule has 0 radical (unpaired) electrons. The standard InChI is InChI=1S/C21H21NO/c1-15-7-4-5-9-19(15)18-11-10-17(3)21(13-18)23-14-20-16(2)8-6-12-22-20/h4-13H,14H2,1-3H3. The van der Waals surface area contributed by atoms with Crippen molar-refractivity contribution in [1.82, 2.24) is 4.98 Å². The normalized spacial score (nSPS) is 10.6. The van der Waals surface area contributed by atoms with Gasteiger partial charge in [0.05, 0.1) is 5.69 Å². The number of benzene rings is 2. The third-order valence-electron chi connectivity index (χ3n) is 4.13. The van der Waals surface area contributed by atoms with Crippen LogP contribution in [0.4, 0.5) is 0 Å². The first-order valence-electron chi connectivity index (χ1n) is 7.85. The molecule has 0 aliphatic carbocycles. The maximum Gasteiger partial charge on any atom is 0.130 e. The van der Waals surface area contributed by atoms with Gasteiger partial charge in [0.1, 0.15) is 12.4 Å². The molecule has 2 heteroatoms. The molecule has 3 rings (SSSR count). The molecule has 0 fully saturated rings. The molecule has 0 N–H and O–H groups in total. The van der Waals surface area contributed by atoms with Gasteiger partial charge in [0, 0.05) is 6.20 Å². The maximum absolute atomic E-state index is 6.04. The Morgan fingerprint density at radius 3 is 2.39 bits per heavy atom. The van der Waals surface area contributed by atoms with E-state index < -0.39 is 0 Å². The zero-order valence-electron chi connectivity index (χ0n) is 13.8. The van der Waals surface area contributed by atoms with Crippen molar-refractivity contribution in [2.24, 2.45) is 0 Å². The van der Waals surface area contributed by atoms with Crippen LogP contribution in [0.2, 0.25) is 0 Å². The van der Waals surface area contributed by atoms with E-state index in [2.05, 4.69) is 74.3 Å². The molecule has 0 aliphatic heterocycles. The number of aromatic nitrogens is 1. The summed E-state index contributed by atoms with van der Waals surface area (Å²) in [5.41, 5.74) is 6.96. The predicted molar refractivity (Wildman–Crippen MR) is 94.7 cm³/mol. The summed E-state index contributed by atoms with van der Waals surface area (Å²) in [4.78, 5) is 4.39. The molecule has 1 heterocycles. The maximum atomic E-state index is 6.04. The quantitative estimate of drug-likeness (QED) is 0.656. The summed E-state index contributed by atoms with van der Waals surface area (Å²) in [6.45, 7) is 6.75. The molecule has 0 unspecified atom stereocenters. The van der Waals surface area contributed by atoms with E-state index in [0.29, 0.717) is 6.61 Å². The van der Waals surface area contributed by atoms with Gasteiger partial charge in [-0.25, -0.2) is 0 Å². The lowest BCUT2D eigenvalue weighted by atomic mass is 9.99. The van der Waals surface area contributed by atoms with Gasteiger partial charge in [0.2, 0.25) is 0 Å². The van der Waals surface area contributed by atoms with Gasteiger partial charge >= 0.3 is 0 Å². The summed E-state index contributed by atoms with van der Waals surface area (Å²) in [6, 6.07) is 18.8. The third kappa shape index (κ3) is 3.42. The summed E-state index contributed by atoms with van der Waals surface area (Å²) in [5.74, 6) is 0.913. The predicted octanol–water partition coefficient (Wildman–Crippen LogP) is 5.25. The minimum absolute atomic E-state index is 0.491. The van der Waals surface area contributed by atoms with Crippen molar-refractivity contribution in [1.29, 1.82) is 0 Å². The highest BCUT2D eigenvalue weighted by Crippen LogP contribution is 2.29. The highest BCUT2D eigenvalue weighted by atomic mass is 16.5. The van der Waals surface area contributed by atoms with Crippen LogP contribution < -0.4 is 4.74 Å². The lowest BCUT2D eigenvalue weighted by Crippen LogP contribution is -2.01. The molecule has 116 valence electrons. The number of hydrogen-bond acceptors (Lipinski definition) is 2. The number of rotatable bonds is 4. The van der Waals surface area contributed by atoms with E-state index in [-0.39, 0.29) is 0 Å². The van der Waals surface area contributed by atoms with E-state index in [1.807, 2.05) is 12.3 Å². The van der Waals surface area contributed by atoms with Crippen LogP contribution in [0.25, 0.3) is 11.1 Å². The molecule has 0 aliphatic rings. The molecular weight excluding hydrogens is 282 g/mol. The van der Waals surface area contributed by atoms with Crippen molar-refractivity contribution < 1.29 is 4.74 Å². The summed E-state index contributed by atoms with van der Waals surface area (Å²) in [5, 5.41) is 0. The second-order valence-electron chi connectivity index (χ2n) is 5.85. The lowest BCUT2D eigenvalue weighted by Gasteiger charge is -2.13. The van der Waals surface area contributed by atoms with Crippen LogP contribution in [0.15, 0.2) is 60.8 Å². The van der Waals surface area contributed by atoms with Crippen molar-refractivity contribution in [3.63, 3.8) is 0 Å². The van der Waals surface area contributed by atoms with E-state index in [0.717, 1.165) is 22.6 Å². The zero-order chi connectivity index (χ0) is 16.2. The summed E-state index contributed by atoms with van der Waals surface area (Å²) < 4.78 is 6.04. The fraction of sp³-hybridized carbons (Fsp3) is 0.190. The number of aryl methyl sites for hydroxylation is 3. The highest BCUT2D eigenvalue weighted by molar-refractivity contribution is 5.69. The Kier molecular flexibility index (Phi) is 4.42. The molecule has 3 aromatic rings. The second kappa shape index (κ2) is 6.66. The molecular formula is C21H21NO. The Morgan fingerprint density at radius 1 is 0.826 bits per heavy atom. The minimum atomic E-state index is 0.491. The number of nitrogens with zero attached hydrogens (tertiary/aromatic N) is 1. The van der Waals surface area contributed by atoms with Gasteiger partial charge in [0.25, 0.3) is 0 Å². The second-order valence-corrected chi connectivity index (χ2v) is 5.85. The van der Waals surface area contributed by atoms with E-state index in [1.165, 1.54) is 16.7 Å². The van der Waals surface area contributed by atoms with Gasteiger partial charge in [-0.05, 0) is 60.7 Å².